The maximum Gasteiger partial charge on any atom is 0.238 e. The van der Waals surface area contributed by atoms with Crippen LogP contribution < -0.4 is 11.1 Å². The molecular formula is C15H23N3O. The van der Waals surface area contributed by atoms with Crippen LogP contribution in [0.5, 0.6) is 0 Å². The molecule has 0 radical (unpaired) electrons. The number of piperidine rings is 1. The molecule has 1 fully saturated rings. The highest BCUT2D eigenvalue weighted by Crippen LogP contribution is 2.16. The standard InChI is InChI=1S/C15H23N3O/c1-11-7-13(16)9-18(8-11)10-15(19)17-14-6-4-3-5-12(14)2/h3-6,11,13H,7-10,16H2,1-2H3,(H,17,19). The summed E-state index contributed by atoms with van der Waals surface area (Å²) in [6, 6.07) is 8.01. The first-order valence-corrected chi connectivity index (χ1v) is 6.88. The topological polar surface area (TPSA) is 58.4 Å². The summed E-state index contributed by atoms with van der Waals surface area (Å²) >= 11 is 0. The Balaban J connectivity index is 1.89. The van der Waals surface area contributed by atoms with Gasteiger partial charge in [-0.2, -0.15) is 0 Å². The Kier molecular flexibility index (Phi) is 4.56. The molecule has 2 rings (SSSR count). The molecule has 1 aliphatic rings. The van der Waals surface area contributed by atoms with Gasteiger partial charge in [0, 0.05) is 24.8 Å². The second-order valence-corrected chi connectivity index (χ2v) is 5.66. The van der Waals surface area contributed by atoms with E-state index < -0.39 is 0 Å². The summed E-state index contributed by atoms with van der Waals surface area (Å²) in [4.78, 5) is 14.2. The van der Waals surface area contributed by atoms with E-state index in [2.05, 4.69) is 17.1 Å². The molecule has 1 saturated heterocycles. The third-order valence-corrected chi connectivity index (χ3v) is 3.55. The average molecular weight is 261 g/mol. The number of nitrogens with one attached hydrogen (secondary N) is 1. The number of likely N-dealkylation sites (tertiary alicyclic amines) is 1. The van der Waals surface area contributed by atoms with Crippen LogP contribution in [0.25, 0.3) is 0 Å². The summed E-state index contributed by atoms with van der Waals surface area (Å²) in [7, 11) is 0. The minimum Gasteiger partial charge on any atom is -0.327 e. The minimum absolute atomic E-state index is 0.0376. The van der Waals surface area contributed by atoms with Crippen LogP contribution in [0.2, 0.25) is 0 Å². The molecule has 4 heteroatoms. The molecular weight excluding hydrogens is 238 g/mol. The predicted molar refractivity (Wildman–Crippen MR) is 78.0 cm³/mol. The molecule has 1 heterocycles. The molecule has 4 nitrogen and oxygen atoms in total. The fraction of sp³-hybridized carbons (Fsp3) is 0.533. The third kappa shape index (κ3) is 4.04. The van der Waals surface area contributed by atoms with Crippen molar-refractivity contribution >= 4 is 11.6 Å². The van der Waals surface area contributed by atoms with Gasteiger partial charge in [0.25, 0.3) is 0 Å². The number of carbonyl (C=O) groups excluding carboxylic acids is 1. The zero-order chi connectivity index (χ0) is 13.8. The van der Waals surface area contributed by atoms with Crippen LogP contribution in [0.4, 0.5) is 5.69 Å². The van der Waals surface area contributed by atoms with Crippen molar-refractivity contribution in [2.45, 2.75) is 26.3 Å². The SMILES string of the molecule is Cc1ccccc1NC(=O)CN1CC(C)CC(N)C1. The first kappa shape index (κ1) is 14.0. The van der Waals surface area contributed by atoms with Gasteiger partial charge in [0.05, 0.1) is 6.54 Å². The Labute approximate surface area is 115 Å². The van der Waals surface area contributed by atoms with Crippen molar-refractivity contribution in [2.75, 3.05) is 25.0 Å². The maximum absolute atomic E-state index is 12.1. The first-order valence-electron chi connectivity index (χ1n) is 6.88. The number of hydrogen-bond acceptors (Lipinski definition) is 3. The van der Waals surface area contributed by atoms with Gasteiger partial charge in [0.15, 0.2) is 0 Å². The van der Waals surface area contributed by atoms with Crippen molar-refractivity contribution in [1.29, 1.82) is 0 Å². The minimum atomic E-state index is 0.0376. The Morgan fingerprint density at radius 2 is 2.16 bits per heavy atom. The smallest absolute Gasteiger partial charge is 0.238 e. The fourth-order valence-corrected chi connectivity index (χ4v) is 2.75. The van der Waals surface area contributed by atoms with E-state index in [1.165, 1.54) is 0 Å². The second kappa shape index (κ2) is 6.17. The van der Waals surface area contributed by atoms with Crippen LogP contribution in [0.3, 0.4) is 0 Å². The zero-order valence-electron chi connectivity index (χ0n) is 11.7. The van der Waals surface area contributed by atoms with E-state index in [4.69, 9.17) is 5.73 Å². The normalized spacial score (nSPS) is 24.2. The van der Waals surface area contributed by atoms with Gasteiger partial charge in [0.1, 0.15) is 0 Å². The zero-order valence-corrected chi connectivity index (χ0v) is 11.7. The number of carbonyl (C=O) groups is 1. The fourth-order valence-electron chi connectivity index (χ4n) is 2.75. The van der Waals surface area contributed by atoms with Gasteiger partial charge in [0.2, 0.25) is 5.91 Å². The molecule has 0 spiro atoms. The molecule has 2 atom stereocenters. The summed E-state index contributed by atoms with van der Waals surface area (Å²) in [5.74, 6) is 0.602. The van der Waals surface area contributed by atoms with Gasteiger partial charge < -0.3 is 11.1 Å². The summed E-state index contributed by atoms with van der Waals surface area (Å²) in [5.41, 5.74) is 7.97. The monoisotopic (exact) mass is 261 g/mol. The Hall–Kier alpha value is -1.39. The van der Waals surface area contributed by atoms with E-state index in [9.17, 15) is 4.79 Å². The second-order valence-electron chi connectivity index (χ2n) is 5.66. The van der Waals surface area contributed by atoms with E-state index >= 15 is 0 Å². The van der Waals surface area contributed by atoms with Crippen molar-refractivity contribution < 1.29 is 4.79 Å². The van der Waals surface area contributed by atoms with Crippen LogP contribution in [-0.4, -0.2) is 36.5 Å². The molecule has 19 heavy (non-hydrogen) atoms. The van der Waals surface area contributed by atoms with E-state index in [-0.39, 0.29) is 11.9 Å². The molecule has 1 amide bonds. The molecule has 1 aromatic rings. The molecule has 0 bridgehead atoms. The number of amides is 1. The lowest BCUT2D eigenvalue weighted by atomic mass is 9.97. The molecule has 1 aromatic carbocycles. The maximum atomic E-state index is 12.1. The van der Waals surface area contributed by atoms with Crippen LogP contribution in [0.15, 0.2) is 24.3 Å². The van der Waals surface area contributed by atoms with E-state index in [0.717, 1.165) is 30.8 Å². The number of hydrogen-bond donors (Lipinski definition) is 2. The lowest BCUT2D eigenvalue weighted by molar-refractivity contribution is -0.117. The van der Waals surface area contributed by atoms with Crippen molar-refractivity contribution in [2.24, 2.45) is 11.7 Å². The highest BCUT2D eigenvalue weighted by Gasteiger charge is 2.23. The summed E-state index contributed by atoms with van der Waals surface area (Å²) in [6.45, 7) is 6.37. The van der Waals surface area contributed by atoms with Crippen LogP contribution in [0, 0.1) is 12.8 Å². The van der Waals surface area contributed by atoms with E-state index in [1.54, 1.807) is 0 Å². The van der Waals surface area contributed by atoms with E-state index in [1.807, 2.05) is 31.2 Å². The van der Waals surface area contributed by atoms with Gasteiger partial charge in [-0.3, -0.25) is 9.69 Å². The lowest BCUT2D eigenvalue weighted by Crippen LogP contribution is -2.48. The Morgan fingerprint density at radius 1 is 1.42 bits per heavy atom. The molecule has 0 saturated carbocycles. The third-order valence-electron chi connectivity index (χ3n) is 3.55. The van der Waals surface area contributed by atoms with Crippen molar-refractivity contribution in [1.82, 2.24) is 4.90 Å². The van der Waals surface area contributed by atoms with Gasteiger partial charge in [-0.05, 0) is 30.9 Å². The van der Waals surface area contributed by atoms with Crippen molar-refractivity contribution in [3.05, 3.63) is 29.8 Å². The number of aryl methyl sites for hydroxylation is 1. The molecule has 0 aliphatic carbocycles. The highest BCUT2D eigenvalue weighted by atomic mass is 16.2. The van der Waals surface area contributed by atoms with Gasteiger partial charge in [-0.1, -0.05) is 25.1 Å². The molecule has 2 unspecified atom stereocenters. The summed E-state index contributed by atoms with van der Waals surface area (Å²) < 4.78 is 0. The van der Waals surface area contributed by atoms with Gasteiger partial charge in [-0.15, -0.1) is 0 Å². The number of nitrogens with zero attached hydrogens (tertiary/aromatic N) is 1. The average Bonchev–Trinajstić information content (AvgIpc) is 2.30. The van der Waals surface area contributed by atoms with Crippen LogP contribution in [-0.2, 0) is 4.79 Å². The molecule has 1 aliphatic heterocycles. The highest BCUT2D eigenvalue weighted by molar-refractivity contribution is 5.92. The first-order chi connectivity index (χ1) is 9.04. The largest absolute Gasteiger partial charge is 0.327 e. The molecule has 0 aromatic heterocycles. The number of rotatable bonds is 3. The number of anilines is 1. The number of benzene rings is 1. The summed E-state index contributed by atoms with van der Waals surface area (Å²) in [6.07, 6.45) is 1.05. The van der Waals surface area contributed by atoms with Crippen LogP contribution in [0.1, 0.15) is 18.9 Å². The van der Waals surface area contributed by atoms with Gasteiger partial charge in [-0.25, -0.2) is 0 Å². The quantitative estimate of drug-likeness (QED) is 0.869. The predicted octanol–water partition coefficient (Wildman–Crippen LogP) is 1.60. The summed E-state index contributed by atoms with van der Waals surface area (Å²) in [5, 5.41) is 2.97. The van der Waals surface area contributed by atoms with Crippen LogP contribution >= 0.6 is 0 Å². The molecule has 104 valence electrons. The van der Waals surface area contributed by atoms with Crippen molar-refractivity contribution in [3.63, 3.8) is 0 Å². The van der Waals surface area contributed by atoms with Gasteiger partial charge >= 0.3 is 0 Å². The van der Waals surface area contributed by atoms with Crippen molar-refractivity contribution in [3.8, 4) is 0 Å². The Morgan fingerprint density at radius 3 is 2.84 bits per heavy atom. The number of nitrogens with two attached hydrogens (primary N) is 1. The van der Waals surface area contributed by atoms with E-state index in [0.29, 0.717) is 12.5 Å². The molecule has 3 N–H and O–H groups in total. The number of para-hydroxylation sites is 1. The Bertz CT molecular complexity index is 437. The lowest BCUT2D eigenvalue weighted by Gasteiger charge is -2.34.